The number of hydrogen-bond donors (Lipinski definition) is 0. The minimum absolute atomic E-state index is 0.195. The van der Waals surface area contributed by atoms with Crippen LogP contribution in [0, 0.1) is 12.8 Å². The molecule has 7 heteroatoms. The van der Waals surface area contributed by atoms with E-state index >= 15 is 0 Å². The lowest BCUT2D eigenvalue weighted by Gasteiger charge is -2.31. The van der Waals surface area contributed by atoms with Gasteiger partial charge in [-0.2, -0.15) is 0 Å². The lowest BCUT2D eigenvalue weighted by atomic mass is 9.85. The van der Waals surface area contributed by atoms with Gasteiger partial charge in [0.05, 0.1) is 22.9 Å². The van der Waals surface area contributed by atoms with Crippen molar-refractivity contribution in [3.05, 3.63) is 29.3 Å². The molecule has 3 heterocycles. The molecule has 0 bridgehead atoms. The van der Waals surface area contributed by atoms with Gasteiger partial charge in [-0.25, -0.2) is 9.78 Å². The Hall–Kier alpha value is -2.12. The van der Waals surface area contributed by atoms with Crippen molar-refractivity contribution in [2.24, 2.45) is 5.92 Å². The number of rotatable bonds is 7. The summed E-state index contributed by atoms with van der Waals surface area (Å²) >= 11 is 1.52. The molecule has 1 unspecified atom stereocenters. The Morgan fingerprint density at radius 2 is 2.07 bits per heavy atom. The summed E-state index contributed by atoms with van der Waals surface area (Å²) < 4.78 is 17.4. The third-order valence-electron chi connectivity index (χ3n) is 5.84. The van der Waals surface area contributed by atoms with E-state index in [1.807, 2.05) is 37.4 Å². The van der Waals surface area contributed by atoms with Gasteiger partial charge in [-0.15, -0.1) is 11.3 Å². The Labute approximate surface area is 182 Å². The average molecular weight is 431 g/mol. The molecule has 2 aliphatic rings. The van der Waals surface area contributed by atoms with Crippen molar-refractivity contribution in [2.45, 2.75) is 58.7 Å². The van der Waals surface area contributed by atoms with Gasteiger partial charge in [-0.1, -0.05) is 6.42 Å². The molecule has 1 atom stereocenters. The van der Waals surface area contributed by atoms with Crippen molar-refractivity contribution in [3.8, 4) is 22.1 Å². The summed E-state index contributed by atoms with van der Waals surface area (Å²) in [5.74, 6) is 1.91. The number of aromatic nitrogens is 1. The van der Waals surface area contributed by atoms with Crippen LogP contribution in [0.4, 0.5) is 4.79 Å². The predicted octanol–water partition coefficient (Wildman–Crippen LogP) is 5.64. The molecule has 1 aliphatic carbocycles. The Morgan fingerprint density at radius 1 is 1.20 bits per heavy atom. The van der Waals surface area contributed by atoms with E-state index in [9.17, 15) is 4.79 Å². The molecule has 6 nitrogen and oxygen atoms in total. The Balaban J connectivity index is 1.44. The van der Waals surface area contributed by atoms with Crippen LogP contribution in [0.5, 0.6) is 11.5 Å². The molecule has 1 saturated heterocycles. The number of thiophene rings is 1. The highest BCUT2D eigenvalue weighted by atomic mass is 32.1. The maximum absolute atomic E-state index is 12.7. The van der Waals surface area contributed by atoms with Crippen LogP contribution in [0.25, 0.3) is 10.6 Å². The molecule has 162 valence electrons. The van der Waals surface area contributed by atoms with E-state index in [0.717, 1.165) is 54.4 Å². The highest BCUT2D eigenvalue weighted by molar-refractivity contribution is 7.14. The van der Waals surface area contributed by atoms with Crippen LogP contribution >= 0.6 is 11.3 Å². The first-order chi connectivity index (χ1) is 14.6. The Morgan fingerprint density at radius 3 is 2.73 bits per heavy atom. The number of carbonyl (C=O) groups excluding carboxylic acids is 1. The van der Waals surface area contributed by atoms with Crippen LogP contribution in [0.1, 0.15) is 51.1 Å². The molecule has 0 N–H and O–H groups in total. The summed E-state index contributed by atoms with van der Waals surface area (Å²) in [6, 6.07) is 5.68. The SMILES string of the molecule is CCN(CC1CCC1)C(=O)Oc1ccsc1-c1ccc(OC2CCCCO2)c(C)n1. The van der Waals surface area contributed by atoms with Gasteiger partial charge >= 0.3 is 6.09 Å². The van der Waals surface area contributed by atoms with Crippen LogP contribution in [0.2, 0.25) is 0 Å². The summed E-state index contributed by atoms with van der Waals surface area (Å²) in [6.45, 7) is 6.10. The van der Waals surface area contributed by atoms with E-state index in [0.29, 0.717) is 18.2 Å². The smallest absolute Gasteiger partial charge is 0.415 e. The zero-order valence-corrected chi connectivity index (χ0v) is 18.6. The lowest BCUT2D eigenvalue weighted by molar-refractivity contribution is -0.106. The van der Waals surface area contributed by atoms with E-state index in [1.165, 1.54) is 30.6 Å². The van der Waals surface area contributed by atoms with Gasteiger partial charge in [0.25, 0.3) is 0 Å². The molecule has 0 radical (unpaired) electrons. The third kappa shape index (κ3) is 4.95. The van der Waals surface area contributed by atoms with Crippen molar-refractivity contribution < 1.29 is 19.0 Å². The van der Waals surface area contributed by atoms with Gasteiger partial charge in [0.15, 0.2) is 12.0 Å². The highest BCUT2D eigenvalue weighted by Gasteiger charge is 2.25. The van der Waals surface area contributed by atoms with Crippen molar-refractivity contribution in [2.75, 3.05) is 19.7 Å². The summed E-state index contributed by atoms with van der Waals surface area (Å²) in [6.07, 6.45) is 6.31. The molecule has 4 rings (SSSR count). The third-order valence-corrected chi connectivity index (χ3v) is 6.75. The second-order valence-electron chi connectivity index (χ2n) is 8.01. The molecule has 2 fully saturated rings. The first-order valence-electron chi connectivity index (χ1n) is 10.9. The molecule has 2 aromatic rings. The fourth-order valence-electron chi connectivity index (χ4n) is 3.79. The summed E-state index contributed by atoms with van der Waals surface area (Å²) in [4.78, 5) is 20.1. The fourth-order valence-corrected chi connectivity index (χ4v) is 4.58. The first kappa shape index (κ1) is 21.1. The maximum atomic E-state index is 12.7. The molecular weight excluding hydrogens is 400 g/mol. The Kier molecular flexibility index (Phi) is 6.89. The topological polar surface area (TPSA) is 60.9 Å². The Bertz CT molecular complexity index is 859. The standard InChI is InChI=1S/C23H30N2O4S/c1-3-25(15-17-7-6-8-17)23(26)29-20-12-14-30-22(20)18-10-11-19(16(2)24-18)28-21-9-4-5-13-27-21/h10-12,14,17,21H,3-9,13,15H2,1-2H3. The first-order valence-corrected chi connectivity index (χ1v) is 11.8. The molecule has 1 aliphatic heterocycles. The zero-order chi connectivity index (χ0) is 20.9. The zero-order valence-electron chi connectivity index (χ0n) is 17.8. The summed E-state index contributed by atoms with van der Waals surface area (Å²) in [5.41, 5.74) is 1.58. The second kappa shape index (κ2) is 9.79. The van der Waals surface area contributed by atoms with Crippen LogP contribution in [-0.2, 0) is 4.74 Å². The molecule has 0 aromatic carbocycles. The normalized spacial score (nSPS) is 19.2. The second-order valence-corrected chi connectivity index (χ2v) is 8.93. The van der Waals surface area contributed by atoms with Crippen molar-refractivity contribution in [1.29, 1.82) is 0 Å². The minimum atomic E-state index is -0.282. The van der Waals surface area contributed by atoms with Crippen molar-refractivity contribution in [1.82, 2.24) is 9.88 Å². The quantitative estimate of drug-likeness (QED) is 0.568. The summed E-state index contributed by atoms with van der Waals surface area (Å²) in [7, 11) is 0. The average Bonchev–Trinajstić information content (AvgIpc) is 3.17. The number of ether oxygens (including phenoxy) is 3. The number of aryl methyl sites for hydroxylation is 1. The number of carbonyl (C=O) groups is 1. The van der Waals surface area contributed by atoms with E-state index in [4.69, 9.17) is 19.2 Å². The number of pyridine rings is 1. The van der Waals surface area contributed by atoms with Crippen molar-refractivity contribution in [3.63, 3.8) is 0 Å². The van der Waals surface area contributed by atoms with E-state index in [2.05, 4.69) is 0 Å². The van der Waals surface area contributed by atoms with Crippen LogP contribution < -0.4 is 9.47 Å². The van der Waals surface area contributed by atoms with Crippen LogP contribution in [0.3, 0.4) is 0 Å². The number of nitrogens with zero attached hydrogens (tertiary/aromatic N) is 2. The van der Waals surface area contributed by atoms with Gasteiger partial charge in [-0.3, -0.25) is 0 Å². The van der Waals surface area contributed by atoms with E-state index in [-0.39, 0.29) is 12.4 Å². The largest absolute Gasteiger partial charge is 0.463 e. The monoisotopic (exact) mass is 430 g/mol. The van der Waals surface area contributed by atoms with Gasteiger partial charge in [0.1, 0.15) is 5.75 Å². The highest BCUT2D eigenvalue weighted by Crippen LogP contribution is 2.36. The van der Waals surface area contributed by atoms with Crippen molar-refractivity contribution >= 4 is 17.4 Å². The fraction of sp³-hybridized carbons (Fsp3) is 0.565. The van der Waals surface area contributed by atoms with Gasteiger partial charge < -0.3 is 19.1 Å². The minimum Gasteiger partial charge on any atom is -0.463 e. The molecule has 2 aromatic heterocycles. The molecule has 1 saturated carbocycles. The van der Waals surface area contributed by atoms with Crippen LogP contribution in [-0.4, -0.2) is 42.0 Å². The maximum Gasteiger partial charge on any atom is 0.415 e. The molecule has 0 spiro atoms. The number of amides is 1. The molecule has 1 amide bonds. The van der Waals surface area contributed by atoms with Gasteiger partial charge in [-0.05, 0) is 69.0 Å². The van der Waals surface area contributed by atoms with Gasteiger partial charge in [0.2, 0.25) is 0 Å². The molecular formula is C23H30N2O4S. The van der Waals surface area contributed by atoms with Gasteiger partial charge in [0, 0.05) is 19.5 Å². The van der Waals surface area contributed by atoms with E-state index < -0.39 is 0 Å². The lowest BCUT2D eigenvalue weighted by Crippen LogP contribution is -2.38. The number of hydrogen-bond acceptors (Lipinski definition) is 6. The summed E-state index contributed by atoms with van der Waals surface area (Å²) in [5, 5.41) is 1.93. The van der Waals surface area contributed by atoms with Crippen LogP contribution in [0.15, 0.2) is 23.6 Å². The molecule has 30 heavy (non-hydrogen) atoms. The predicted molar refractivity (Wildman–Crippen MR) is 117 cm³/mol. The van der Waals surface area contributed by atoms with E-state index in [1.54, 1.807) is 4.90 Å².